The predicted octanol–water partition coefficient (Wildman–Crippen LogP) is 4.54. The summed E-state index contributed by atoms with van der Waals surface area (Å²) in [5, 5.41) is 2.89. The summed E-state index contributed by atoms with van der Waals surface area (Å²) in [6.07, 6.45) is 1.10. The van der Waals surface area contributed by atoms with Crippen molar-refractivity contribution in [2.45, 2.75) is 51.1 Å². The smallest absolute Gasteiger partial charge is 0.264 e. The molecule has 220 valence electrons. The zero-order valence-corrected chi connectivity index (χ0v) is 25.1. The molecule has 0 aliphatic rings. The number of rotatable bonds is 14. The number of carbonyl (C=O) groups is 2. The standard InChI is InChI=1S/C31H39N3O6S/c1-6-18-32-31(36)27(7-2)33(21-24-13-11-12-23(3)19-24)30(35)22-34(41(37,38)26-14-9-8-10-15-26)25-16-17-28(39-4)29(20-25)40-5/h8-17,19-20,27H,6-7,18,21-22H2,1-5H3,(H,32,36)/t27-/m0/s1. The lowest BCUT2D eigenvalue weighted by Crippen LogP contribution is -2.52. The molecule has 0 aromatic heterocycles. The lowest BCUT2D eigenvalue weighted by Gasteiger charge is -2.33. The maximum Gasteiger partial charge on any atom is 0.264 e. The van der Waals surface area contributed by atoms with Gasteiger partial charge < -0.3 is 19.7 Å². The molecule has 0 fully saturated rings. The van der Waals surface area contributed by atoms with Crippen LogP contribution in [-0.4, -0.2) is 58.5 Å². The molecule has 0 heterocycles. The van der Waals surface area contributed by atoms with E-state index in [1.165, 1.54) is 37.3 Å². The Balaban J connectivity index is 2.10. The fourth-order valence-corrected chi connectivity index (χ4v) is 5.95. The lowest BCUT2D eigenvalue weighted by molar-refractivity contribution is -0.140. The van der Waals surface area contributed by atoms with Gasteiger partial charge in [-0.2, -0.15) is 0 Å². The van der Waals surface area contributed by atoms with Crippen molar-refractivity contribution >= 4 is 27.5 Å². The summed E-state index contributed by atoms with van der Waals surface area (Å²) in [6, 6.07) is 19.5. The largest absolute Gasteiger partial charge is 0.493 e. The SMILES string of the molecule is CCCNC(=O)[C@H](CC)N(Cc1cccc(C)c1)C(=O)CN(c1ccc(OC)c(OC)c1)S(=O)(=O)c1ccccc1. The third kappa shape index (κ3) is 7.79. The van der Waals surface area contributed by atoms with Crippen LogP contribution in [0.2, 0.25) is 0 Å². The van der Waals surface area contributed by atoms with Crippen molar-refractivity contribution in [1.82, 2.24) is 10.2 Å². The van der Waals surface area contributed by atoms with E-state index in [4.69, 9.17) is 9.47 Å². The van der Waals surface area contributed by atoms with Crippen molar-refractivity contribution in [3.05, 3.63) is 83.9 Å². The van der Waals surface area contributed by atoms with Crippen LogP contribution in [0.5, 0.6) is 11.5 Å². The van der Waals surface area contributed by atoms with Gasteiger partial charge in [0.1, 0.15) is 12.6 Å². The molecule has 0 aliphatic heterocycles. The van der Waals surface area contributed by atoms with Gasteiger partial charge in [0, 0.05) is 19.2 Å². The van der Waals surface area contributed by atoms with E-state index in [0.29, 0.717) is 24.5 Å². The quantitative estimate of drug-likeness (QED) is 0.300. The number of benzene rings is 3. The fourth-order valence-electron chi connectivity index (χ4n) is 4.52. The monoisotopic (exact) mass is 581 g/mol. The fraction of sp³-hybridized carbons (Fsp3) is 0.355. The number of hydrogen-bond donors (Lipinski definition) is 1. The molecule has 9 nitrogen and oxygen atoms in total. The van der Waals surface area contributed by atoms with Crippen LogP contribution in [0.15, 0.2) is 77.7 Å². The van der Waals surface area contributed by atoms with Crippen molar-refractivity contribution in [2.24, 2.45) is 0 Å². The van der Waals surface area contributed by atoms with Crippen LogP contribution >= 0.6 is 0 Å². The number of ether oxygens (including phenoxy) is 2. The highest BCUT2D eigenvalue weighted by atomic mass is 32.2. The first-order chi connectivity index (χ1) is 19.7. The van der Waals surface area contributed by atoms with Crippen LogP contribution < -0.4 is 19.1 Å². The Morgan fingerprint density at radius 1 is 0.902 bits per heavy atom. The maximum absolute atomic E-state index is 14.1. The average Bonchev–Trinajstić information content (AvgIpc) is 2.98. The van der Waals surface area contributed by atoms with Gasteiger partial charge in [0.25, 0.3) is 10.0 Å². The van der Waals surface area contributed by atoms with E-state index in [9.17, 15) is 18.0 Å². The van der Waals surface area contributed by atoms with Crippen molar-refractivity contribution in [3.63, 3.8) is 0 Å². The molecule has 0 radical (unpaired) electrons. The molecule has 0 spiro atoms. The second-order valence-electron chi connectivity index (χ2n) is 9.59. The van der Waals surface area contributed by atoms with Crippen LogP contribution in [0.1, 0.15) is 37.8 Å². The number of methoxy groups -OCH3 is 2. The summed E-state index contributed by atoms with van der Waals surface area (Å²) in [5.74, 6) is -0.0645. The van der Waals surface area contributed by atoms with Crippen molar-refractivity contribution in [3.8, 4) is 11.5 Å². The Morgan fingerprint density at radius 3 is 2.22 bits per heavy atom. The van der Waals surface area contributed by atoms with E-state index in [1.807, 2.05) is 45.0 Å². The Bertz CT molecular complexity index is 1430. The molecule has 3 rings (SSSR count). The third-order valence-electron chi connectivity index (χ3n) is 6.64. The molecule has 0 bridgehead atoms. The van der Waals surface area contributed by atoms with Gasteiger partial charge in [0.15, 0.2) is 11.5 Å². The number of nitrogens with zero attached hydrogens (tertiary/aromatic N) is 2. The van der Waals surface area contributed by atoms with Gasteiger partial charge in [0.05, 0.1) is 24.8 Å². The average molecular weight is 582 g/mol. The summed E-state index contributed by atoms with van der Waals surface area (Å²) in [5.41, 5.74) is 2.07. The van der Waals surface area contributed by atoms with E-state index in [-0.39, 0.29) is 23.0 Å². The molecule has 1 N–H and O–H groups in total. The van der Waals surface area contributed by atoms with Gasteiger partial charge in [-0.05, 0) is 49.6 Å². The molecule has 0 saturated heterocycles. The van der Waals surface area contributed by atoms with Crippen LogP contribution in [0, 0.1) is 6.92 Å². The Hall–Kier alpha value is -4.05. The van der Waals surface area contributed by atoms with E-state index in [1.54, 1.807) is 30.3 Å². The van der Waals surface area contributed by atoms with Gasteiger partial charge in [-0.25, -0.2) is 8.42 Å². The number of anilines is 1. The highest BCUT2D eigenvalue weighted by molar-refractivity contribution is 7.92. The molecule has 1 atom stereocenters. The molecule has 2 amide bonds. The molecular formula is C31H39N3O6S. The number of amides is 2. The van der Waals surface area contributed by atoms with E-state index >= 15 is 0 Å². The third-order valence-corrected chi connectivity index (χ3v) is 8.42. The first-order valence-corrected chi connectivity index (χ1v) is 15.0. The first-order valence-electron chi connectivity index (χ1n) is 13.6. The summed E-state index contributed by atoms with van der Waals surface area (Å²) < 4.78 is 39.7. The summed E-state index contributed by atoms with van der Waals surface area (Å²) in [7, 11) is -1.25. The number of nitrogens with one attached hydrogen (secondary N) is 1. The Kier molecular flexibility index (Phi) is 11.2. The summed E-state index contributed by atoms with van der Waals surface area (Å²) in [6.45, 7) is 5.82. The van der Waals surface area contributed by atoms with E-state index in [0.717, 1.165) is 21.9 Å². The number of sulfonamides is 1. The minimum Gasteiger partial charge on any atom is -0.493 e. The van der Waals surface area contributed by atoms with Gasteiger partial charge in [-0.3, -0.25) is 13.9 Å². The topological polar surface area (TPSA) is 105 Å². The minimum absolute atomic E-state index is 0.0283. The Morgan fingerprint density at radius 2 is 1.61 bits per heavy atom. The highest BCUT2D eigenvalue weighted by Gasteiger charge is 2.34. The van der Waals surface area contributed by atoms with E-state index in [2.05, 4.69) is 5.32 Å². The minimum atomic E-state index is -4.18. The highest BCUT2D eigenvalue weighted by Crippen LogP contribution is 2.34. The lowest BCUT2D eigenvalue weighted by atomic mass is 10.1. The van der Waals surface area contributed by atoms with E-state index < -0.39 is 28.5 Å². The molecule has 0 aliphatic carbocycles. The van der Waals surface area contributed by atoms with Crippen molar-refractivity contribution < 1.29 is 27.5 Å². The normalized spacial score (nSPS) is 11.8. The molecule has 0 saturated carbocycles. The predicted molar refractivity (Wildman–Crippen MR) is 160 cm³/mol. The second kappa shape index (κ2) is 14.5. The molecule has 10 heteroatoms. The van der Waals surface area contributed by atoms with Crippen LogP contribution in [0.25, 0.3) is 0 Å². The Labute approximate surface area is 243 Å². The van der Waals surface area contributed by atoms with Gasteiger partial charge in [0.2, 0.25) is 11.8 Å². The zero-order chi connectivity index (χ0) is 30.0. The number of carbonyl (C=O) groups excluding carboxylic acids is 2. The maximum atomic E-state index is 14.1. The van der Waals surface area contributed by atoms with Gasteiger partial charge in [-0.15, -0.1) is 0 Å². The van der Waals surface area contributed by atoms with Gasteiger partial charge >= 0.3 is 0 Å². The molecular weight excluding hydrogens is 542 g/mol. The number of hydrogen-bond acceptors (Lipinski definition) is 6. The second-order valence-corrected chi connectivity index (χ2v) is 11.5. The van der Waals surface area contributed by atoms with Crippen molar-refractivity contribution in [1.29, 1.82) is 0 Å². The van der Waals surface area contributed by atoms with Gasteiger partial charge in [-0.1, -0.05) is 61.9 Å². The van der Waals surface area contributed by atoms with Crippen LogP contribution in [0.3, 0.4) is 0 Å². The molecule has 0 unspecified atom stereocenters. The van der Waals surface area contributed by atoms with Crippen LogP contribution in [0.4, 0.5) is 5.69 Å². The molecule has 3 aromatic carbocycles. The van der Waals surface area contributed by atoms with Crippen LogP contribution in [-0.2, 0) is 26.2 Å². The molecule has 41 heavy (non-hydrogen) atoms. The zero-order valence-electron chi connectivity index (χ0n) is 24.3. The first kappa shape index (κ1) is 31.5. The molecule has 3 aromatic rings. The summed E-state index contributed by atoms with van der Waals surface area (Å²) in [4.78, 5) is 28.8. The summed E-state index contributed by atoms with van der Waals surface area (Å²) >= 11 is 0. The van der Waals surface area contributed by atoms with Crippen molar-refractivity contribution in [2.75, 3.05) is 31.6 Å². The number of aryl methyl sites for hydroxylation is 1.